The molecule has 2 aromatic carbocycles. The molecule has 2 rings (SSSR count). The van der Waals surface area contributed by atoms with E-state index >= 15 is 0 Å². The number of carbonyl (C=O) groups excluding carboxylic acids is 2. The minimum Gasteiger partial charge on any atom is -0.354 e. The first-order chi connectivity index (χ1) is 16.6. The number of nitrogens with zero attached hydrogens (tertiary/aromatic N) is 3. The molecule has 1 N–H and O–H groups in total. The number of hydrogen-bond acceptors (Lipinski definition) is 4. The summed E-state index contributed by atoms with van der Waals surface area (Å²) in [5.41, 5.74) is 1.14. The predicted molar refractivity (Wildman–Crippen MR) is 136 cm³/mol. The standard InChI is InChI=1S/C25H35FN4O4S/c1-5-17-27-25(32)23(6-2)29(18-16-20-10-8-7-9-11-20)24(31)19-30(35(33,34)28(3)4)22-14-12-21(26)13-15-22/h7-15,23H,5-6,16-19H2,1-4H3,(H,27,32)/t23-/m0/s1. The largest absolute Gasteiger partial charge is 0.354 e. The minimum absolute atomic E-state index is 0.153. The summed E-state index contributed by atoms with van der Waals surface area (Å²) in [6.07, 6.45) is 1.62. The van der Waals surface area contributed by atoms with Gasteiger partial charge in [0.05, 0.1) is 5.69 Å². The number of rotatable bonds is 13. The van der Waals surface area contributed by atoms with Gasteiger partial charge in [0.1, 0.15) is 18.4 Å². The molecular weight excluding hydrogens is 471 g/mol. The molecular formula is C25H35FN4O4S. The Morgan fingerprint density at radius 3 is 2.17 bits per heavy atom. The molecule has 8 nitrogen and oxygen atoms in total. The highest BCUT2D eigenvalue weighted by molar-refractivity contribution is 7.90. The molecule has 0 aromatic heterocycles. The van der Waals surface area contributed by atoms with Gasteiger partial charge in [-0.25, -0.2) is 8.70 Å². The summed E-state index contributed by atoms with van der Waals surface area (Å²) in [6.45, 7) is 3.94. The number of amides is 2. The molecule has 1 atom stereocenters. The molecule has 0 spiro atoms. The van der Waals surface area contributed by atoms with Crippen molar-refractivity contribution in [3.8, 4) is 0 Å². The molecule has 0 aliphatic carbocycles. The Bertz CT molecular complexity index is 1060. The summed E-state index contributed by atoms with van der Waals surface area (Å²) in [7, 11) is -1.36. The van der Waals surface area contributed by atoms with Crippen LogP contribution in [0.1, 0.15) is 32.3 Å². The molecule has 2 amide bonds. The van der Waals surface area contributed by atoms with Gasteiger partial charge in [0.25, 0.3) is 0 Å². The topological polar surface area (TPSA) is 90.0 Å². The Kier molecular flexibility index (Phi) is 10.7. The molecule has 0 saturated carbocycles. The lowest BCUT2D eigenvalue weighted by molar-refractivity contribution is -0.139. The van der Waals surface area contributed by atoms with E-state index in [0.717, 1.165) is 32.7 Å². The van der Waals surface area contributed by atoms with E-state index in [1.165, 1.54) is 31.1 Å². The van der Waals surface area contributed by atoms with Gasteiger partial charge in [0, 0.05) is 27.2 Å². The van der Waals surface area contributed by atoms with Gasteiger partial charge in [0.15, 0.2) is 0 Å². The Labute approximate surface area is 207 Å². The number of nitrogens with one attached hydrogen (secondary N) is 1. The van der Waals surface area contributed by atoms with Crippen LogP contribution in [-0.2, 0) is 26.2 Å². The lowest BCUT2D eigenvalue weighted by atomic mass is 10.1. The van der Waals surface area contributed by atoms with Crippen molar-refractivity contribution in [2.24, 2.45) is 0 Å². The molecule has 0 fully saturated rings. The summed E-state index contributed by atoms with van der Waals surface area (Å²) in [5.74, 6) is -1.32. The highest BCUT2D eigenvalue weighted by Crippen LogP contribution is 2.21. The Morgan fingerprint density at radius 2 is 1.63 bits per heavy atom. The highest BCUT2D eigenvalue weighted by atomic mass is 32.2. The van der Waals surface area contributed by atoms with E-state index in [0.29, 0.717) is 19.4 Å². The van der Waals surface area contributed by atoms with E-state index in [9.17, 15) is 22.4 Å². The molecule has 0 radical (unpaired) electrons. The van der Waals surface area contributed by atoms with E-state index in [-0.39, 0.29) is 18.1 Å². The van der Waals surface area contributed by atoms with Crippen LogP contribution in [0.2, 0.25) is 0 Å². The fourth-order valence-corrected chi connectivity index (χ4v) is 4.64. The van der Waals surface area contributed by atoms with Crippen LogP contribution in [0.25, 0.3) is 0 Å². The van der Waals surface area contributed by atoms with Crippen molar-refractivity contribution in [2.75, 3.05) is 38.0 Å². The summed E-state index contributed by atoms with van der Waals surface area (Å²) in [5, 5.41) is 2.84. The third kappa shape index (κ3) is 7.76. The smallest absolute Gasteiger partial charge is 0.304 e. The first-order valence-electron chi connectivity index (χ1n) is 11.7. The van der Waals surface area contributed by atoms with Crippen LogP contribution >= 0.6 is 0 Å². The van der Waals surface area contributed by atoms with Crippen molar-refractivity contribution in [2.45, 2.75) is 39.2 Å². The number of hydrogen-bond donors (Lipinski definition) is 1. The first-order valence-corrected chi connectivity index (χ1v) is 13.1. The number of carbonyl (C=O) groups is 2. The molecule has 0 heterocycles. The average Bonchev–Trinajstić information content (AvgIpc) is 2.84. The van der Waals surface area contributed by atoms with Gasteiger partial charge in [-0.15, -0.1) is 0 Å². The van der Waals surface area contributed by atoms with Crippen LogP contribution in [0.15, 0.2) is 54.6 Å². The summed E-state index contributed by atoms with van der Waals surface area (Å²) in [6, 6.07) is 13.7. The van der Waals surface area contributed by atoms with E-state index < -0.39 is 34.5 Å². The van der Waals surface area contributed by atoms with Crippen molar-refractivity contribution >= 4 is 27.7 Å². The van der Waals surface area contributed by atoms with Crippen LogP contribution in [0.3, 0.4) is 0 Å². The Hall–Kier alpha value is -2.98. The second-order valence-corrected chi connectivity index (χ2v) is 10.4. The zero-order valence-electron chi connectivity index (χ0n) is 20.8. The van der Waals surface area contributed by atoms with Crippen LogP contribution in [0, 0.1) is 5.82 Å². The van der Waals surface area contributed by atoms with Gasteiger partial charge in [0.2, 0.25) is 11.8 Å². The molecule has 0 unspecified atom stereocenters. The van der Waals surface area contributed by atoms with Crippen LogP contribution < -0.4 is 9.62 Å². The predicted octanol–water partition coefficient (Wildman–Crippen LogP) is 2.81. The van der Waals surface area contributed by atoms with Gasteiger partial charge < -0.3 is 10.2 Å². The maximum atomic E-state index is 13.6. The quantitative estimate of drug-likeness (QED) is 0.452. The first kappa shape index (κ1) is 28.3. The van der Waals surface area contributed by atoms with Crippen LogP contribution in [-0.4, -0.2) is 69.2 Å². The molecule has 0 aliphatic heterocycles. The van der Waals surface area contributed by atoms with Gasteiger partial charge in [-0.2, -0.15) is 12.7 Å². The second kappa shape index (κ2) is 13.2. The van der Waals surface area contributed by atoms with Crippen molar-refractivity contribution in [3.05, 3.63) is 66.0 Å². The Balaban J connectivity index is 2.40. The van der Waals surface area contributed by atoms with Crippen LogP contribution in [0.5, 0.6) is 0 Å². The minimum atomic E-state index is -4.07. The van der Waals surface area contributed by atoms with Gasteiger partial charge in [-0.1, -0.05) is 44.2 Å². The lowest BCUT2D eigenvalue weighted by Crippen LogP contribution is -2.54. The third-order valence-corrected chi connectivity index (χ3v) is 7.37. The van der Waals surface area contributed by atoms with E-state index in [1.54, 1.807) is 0 Å². The third-order valence-electron chi connectivity index (χ3n) is 5.55. The van der Waals surface area contributed by atoms with E-state index in [1.807, 2.05) is 44.2 Å². The SMILES string of the molecule is CCCNC(=O)[C@H](CC)N(CCc1ccccc1)C(=O)CN(c1ccc(F)cc1)S(=O)(=O)N(C)C. The van der Waals surface area contributed by atoms with Crippen molar-refractivity contribution < 1.29 is 22.4 Å². The van der Waals surface area contributed by atoms with Crippen molar-refractivity contribution in [1.82, 2.24) is 14.5 Å². The Morgan fingerprint density at radius 1 is 1.00 bits per heavy atom. The molecule has 2 aromatic rings. The normalized spacial score (nSPS) is 12.3. The van der Waals surface area contributed by atoms with E-state index in [2.05, 4.69) is 5.32 Å². The summed E-state index contributed by atoms with van der Waals surface area (Å²) < 4.78 is 41.6. The van der Waals surface area contributed by atoms with Crippen molar-refractivity contribution in [3.63, 3.8) is 0 Å². The monoisotopic (exact) mass is 506 g/mol. The molecule has 35 heavy (non-hydrogen) atoms. The van der Waals surface area contributed by atoms with Gasteiger partial charge in [-0.05, 0) is 49.1 Å². The van der Waals surface area contributed by atoms with Gasteiger partial charge in [-0.3, -0.25) is 9.59 Å². The second-order valence-electron chi connectivity index (χ2n) is 8.31. The molecule has 192 valence electrons. The number of halogens is 1. The summed E-state index contributed by atoms with van der Waals surface area (Å²) >= 11 is 0. The fraction of sp³-hybridized carbons (Fsp3) is 0.440. The lowest BCUT2D eigenvalue weighted by Gasteiger charge is -2.33. The number of anilines is 1. The maximum Gasteiger partial charge on any atom is 0.304 e. The van der Waals surface area contributed by atoms with Crippen LogP contribution in [0.4, 0.5) is 10.1 Å². The van der Waals surface area contributed by atoms with Crippen molar-refractivity contribution in [1.29, 1.82) is 0 Å². The molecule has 0 saturated heterocycles. The number of benzene rings is 2. The molecule has 0 aliphatic rings. The molecule has 10 heteroatoms. The zero-order chi connectivity index (χ0) is 26.0. The maximum absolute atomic E-state index is 13.6. The molecule has 0 bridgehead atoms. The van der Waals surface area contributed by atoms with E-state index in [4.69, 9.17) is 0 Å². The highest BCUT2D eigenvalue weighted by Gasteiger charge is 2.33. The average molecular weight is 507 g/mol. The zero-order valence-corrected chi connectivity index (χ0v) is 21.6. The van der Waals surface area contributed by atoms with Gasteiger partial charge >= 0.3 is 10.2 Å². The fourth-order valence-electron chi connectivity index (χ4n) is 3.59. The summed E-state index contributed by atoms with van der Waals surface area (Å²) in [4.78, 5) is 28.0.